The lowest BCUT2D eigenvalue weighted by Gasteiger charge is -2.25. The summed E-state index contributed by atoms with van der Waals surface area (Å²) in [5.74, 6) is -0.0323. The Labute approximate surface area is 139 Å². The van der Waals surface area contributed by atoms with Crippen molar-refractivity contribution in [2.24, 2.45) is 0 Å². The fraction of sp³-hybridized carbons (Fsp3) is 0.294. The number of halogens is 2. The Hall–Kier alpha value is -1.58. The zero-order valence-electron chi connectivity index (χ0n) is 12.2. The van der Waals surface area contributed by atoms with Crippen LogP contribution in [-0.4, -0.2) is 22.3 Å². The summed E-state index contributed by atoms with van der Waals surface area (Å²) in [7, 11) is 0. The molecule has 2 aromatic rings. The molecule has 0 radical (unpaired) electrons. The molecule has 1 amide bonds. The van der Waals surface area contributed by atoms with Crippen molar-refractivity contribution in [1.82, 2.24) is 9.88 Å². The predicted octanol–water partition coefficient (Wildman–Crippen LogP) is 4.67. The summed E-state index contributed by atoms with van der Waals surface area (Å²) in [5.41, 5.74) is 2.40. The lowest BCUT2D eigenvalue weighted by atomic mass is 10.1. The summed E-state index contributed by atoms with van der Waals surface area (Å²) in [6.07, 6.45) is 5.50. The van der Waals surface area contributed by atoms with Crippen LogP contribution in [0.4, 0.5) is 0 Å². The highest BCUT2D eigenvalue weighted by Gasteiger charge is 2.31. The van der Waals surface area contributed by atoms with Crippen LogP contribution in [0.1, 0.15) is 40.4 Å². The van der Waals surface area contributed by atoms with Crippen LogP contribution in [0.5, 0.6) is 0 Å². The minimum Gasteiger partial charge on any atom is -0.332 e. The van der Waals surface area contributed by atoms with Crippen LogP contribution >= 0.6 is 23.2 Å². The maximum atomic E-state index is 12.8. The standard InChI is InChI=1S/C17H16Cl2N2O/c1-11-14(18)8-13(9-15(11)19)17(22)21-7-3-5-16(21)12-4-2-6-20-10-12/h2,4,6,8-10,16H,3,5,7H2,1H3. The van der Waals surface area contributed by atoms with E-state index in [1.165, 1.54) is 0 Å². The Balaban J connectivity index is 1.91. The van der Waals surface area contributed by atoms with Gasteiger partial charge in [0.15, 0.2) is 0 Å². The van der Waals surface area contributed by atoms with Gasteiger partial charge in [0.1, 0.15) is 0 Å². The van der Waals surface area contributed by atoms with Crippen LogP contribution in [0.3, 0.4) is 0 Å². The van der Waals surface area contributed by atoms with Gasteiger partial charge in [0, 0.05) is 34.5 Å². The molecule has 1 saturated heterocycles. The van der Waals surface area contributed by atoms with Crippen LogP contribution < -0.4 is 0 Å². The molecule has 2 heterocycles. The molecule has 1 fully saturated rings. The molecule has 114 valence electrons. The quantitative estimate of drug-likeness (QED) is 0.799. The van der Waals surface area contributed by atoms with Crippen molar-refractivity contribution >= 4 is 29.1 Å². The summed E-state index contributed by atoms with van der Waals surface area (Å²) < 4.78 is 0. The molecule has 1 atom stereocenters. The maximum Gasteiger partial charge on any atom is 0.254 e. The second-order valence-electron chi connectivity index (χ2n) is 5.51. The van der Waals surface area contributed by atoms with Gasteiger partial charge in [-0.25, -0.2) is 0 Å². The molecule has 1 aliphatic heterocycles. The van der Waals surface area contributed by atoms with E-state index in [2.05, 4.69) is 4.98 Å². The van der Waals surface area contributed by atoms with Crippen LogP contribution in [0, 0.1) is 6.92 Å². The number of hydrogen-bond donors (Lipinski definition) is 0. The molecule has 1 aliphatic rings. The van der Waals surface area contributed by atoms with Crippen molar-refractivity contribution in [2.45, 2.75) is 25.8 Å². The van der Waals surface area contributed by atoms with Gasteiger partial charge in [-0.2, -0.15) is 0 Å². The molecule has 0 aliphatic carbocycles. The van der Waals surface area contributed by atoms with Gasteiger partial charge in [-0.1, -0.05) is 29.3 Å². The second kappa shape index (κ2) is 6.27. The minimum absolute atomic E-state index is 0.0323. The van der Waals surface area contributed by atoms with E-state index in [1.807, 2.05) is 30.2 Å². The molecule has 1 unspecified atom stereocenters. The van der Waals surface area contributed by atoms with E-state index in [0.29, 0.717) is 15.6 Å². The number of likely N-dealkylation sites (tertiary alicyclic amines) is 1. The minimum atomic E-state index is -0.0323. The average Bonchev–Trinajstić information content (AvgIpc) is 3.01. The number of carbonyl (C=O) groups excluding carboxylic acids is 1. The van der Waals surface area contributed by atoms with Crippen molar-refractivity contribution in [3.63, 3.8) is 0 Å². The van der Waals surface area contributed by atoms with Gasteiger partial charge < -0.3 is 4.90 Å². The van der Waals surface area contributed by atoms with Gasteiger partial charge in [-0.3, -0.25) is 9.78 Å². The topological polar surface area (TPSA) is 33.2 Å². The van der Waals surface area contributed by atoms with E-state index >= 15 is 0 Å². The fourth-order valence-corrected chi connectivity index (χ4v) is 3.35. The van der Waals surface area contributed by atoms with Gasteiger partial charge in [-0.15, -0.1) is 0 Å². The van der Waals surface area contributed by atoms with Crippen LogP contribution in [0.15, 0.2) is 36.7 Å². The number of pyridine rings is 1. The first-order chi connectivity index (χ1) is 10.6. The zero-order chi connectivity index (χ0) is 15.7. The van der Waals surface area contributed by atoms with E-state index in [0.717, 1.165) is 30.5 Å². The number of aromatic nitrogens is 1. The summed E-state index contributed by atoms with van der Waals surface area (Å²) in [6.45, 7) is 2.58. The summed E-state index contributed by atoms with van der Waals surface area (Å²) >= 11 is 12.3. The molecule has 1 aromatic carbocycles. The molecule has 3 nitrogen and oxygen atoms in total. The zero-order valence-corrected chi connectivity index (χ0v) is 13.7. The third kappa shape index (κ3) is 2.83. The maximum absolute atomic E-state index is 12.8. The van der Waals surface area contributed by atoms with Crippen molar-refractivity contribution in [3.05, 3.63) is 63.4 Å². The lowest BCUT2D eigenvalue weighted by molar-refractivity contribution is 0.0735. The summed E-state index contributed by atoms with van der Waals surface area (Å²) in [6, 6.07) is 7.38. The largest absolute Gasteiger partial charge is 0.332 e. The number of nitrogens with zero attached hydrogens (tertiary/aromatic N) is 2. The summed E-state index contributed by atoms with van der Waals surface area (Å²) in [5, 5.41) is 1.04. The molecule has 1 aromatic heterocycles. The van der Waals surface area contributed by atoms with Gasteiger partial charge in [-0.05, 0) is 49.1 Å². The first-order valence-electron chi connectivity index (χ1n) is 7.24. The lowest BCUT2D eigenvalue weighted by Crippen LogP contribution is -2.30. The highest BCUT2D eigenvalue weighted by molar-refractivity contribution is 6.36. The van der Waals surface area contributed by atoms with Crippen molar-refractivity contribution in [2.75, 3.05) is 6.54 Å². The molecular weight excluding hydrogens is 319 g/mol. The van der Waals surface area contributed by atoms with Gasteiger partial charge in [0.2, 0.25) is 0 Å². The van der Waals surface area contributed by atoms with Crippen LogP contribution in [-0.2, 0) is 0 Å². The van der Waals surface area contributed by atoms with Crippen molar-refractivity contribution in [1.29, 1.82) is 0 Å². The van der Waals surface area contributed by atoms with E-state index in [4.69, 9.17) is 23.2 Å². The van der Waals surface area contributed by atoms with Gasteiger partial charge >= 0.3 is 0 Å². The van der Waals surface area contributed by atoms with Gasteiger partial charge in [0.05, 0.1) is 6.04 Å². The summed E-state index contributed by atoms with van der Waals surface area (Å²) in [4.78, 5) is 18.9. The Bertz CT molecular complexity index is 680. The number of amides is 1. The monoisotopic (exact) mass is 334 g/mol. The second-order valence-corrected chi connectivity index (χ2v) is 6.32. The average molecular weight is 335 g/mol. The Kier molecular flexibility index (Phi) is 4.37. The van der Waals surface area contributed by atoms with Crippen LogP contribution in [0.2, 0.25) is 10.0 Å². The van der Waals surface area contributed by atoms with E-state index in [-0.39, 0.29) is 11.9 Å². The Morgan fingerprint density at radius 2 is 2.05 bits per heavy atom. The highest BCUT2D eigenvalue weighted by Crippen LogP contribution is 2.34. The predicted molar refractivity (Wildman–Crippen MR) is 88.4 cm³/mol. The fourth-order valence-electron chi connectivity index (χ4n) is 2.86. The smallest absolute Gasteiger partial charge is 0.254 e. The van der Waals surface area contributed by atoms with Crippen LogP contribution in [0.25, 0.3) is 0 Å². The van der Waals surface area contributed by atoms with Crippen molar-refractivity contribution in [3.8, 4) is 0 Å². The molecule has 0 N–H and O–H groups in total. The number of rotatable bonds is 2. The first-order valence-corrected chi connectivity index (χ1v) is 8.00. The van der Waals surface area contributed by atoms with Crippen molar-refractivity contribution < 1.29 is 4.79 Å². The molecular formula is C17H16Cl2N2O. The molecule has 5 heteroatoms. The third-order valence-corrected chi connectivity index (χ3v) is 4.90. The third-order valence-electron chi connectivity index (χ3n) is 4.11. The molecule has 22 heavy (non-hydrogen) atoms. The first kappa shape index (κ1) is 15.3. The highest BCUT2D eigenvalue weighted by atomic mass is 35.5. The normalized spacial score (nSPS) is 17.8. The van der Waals surface area contributed by atoms with E-state index in [9.17, 15) is 4.79 Å². The number of carbonyl (C=O) groups is 1. The molecule has 0 bridgehead atoms. The molecule has 0 saturated carbocycles. The van der Waals surface area contributed by atoms with E-state index in [1.54, 1.807) is 18.3 Å². The van der Waals surface area contributed by atoms with Gasteiger partial charge in [0.25, 0.3) is 5.91 Å². The van der Waals surface area contributed by atoms with E-state index < -0.39 is 0 Å². The molecule has 3 rings (SSSR count). The Morgan fingerprint density at radius 1 is 1.32 bits per heavy atom. The SMILES string of the molecule is Cc1c(Cl)cc(C(=O)N2CCCC2c2cccnc2)cc1Cl. The number of benzene rings is 1. The molecule has 0 spiro atoms. The number of hydrogen-bond acceptors (Lipinski definition) is 2. The Morgan fingerprint density at radius 3 is 2.68 bits per heavy atom.